The lowest BCUT2D eigenvalue weighted by atomic mass is 9.77. The second-order valence-electron chi connectivity index (χ2n) is 14.6. The van der Waals surface area contributed by atoms with E-state index in [0.29, 0.717) is 17.5 Å². The average Bonchev–Trinajstić information content (AvgIpc) is 3.58. The van der Waals surface area contributed by atoms with Crippen LogP contribution in [0, 0.1) is 0 Å². The number of furan rings is 1. The van der Waals surface area contributed by atoms with Gasteiger partial charge in [-0.2, -0.15) is 0 Å². The normalized spacial score (nSPS) is 14.4. The van der Waals surface area contributed by atoms with E-state index in [2.05, 4.69) is 104 Å². The second-order valence-corrected chi connectivity index (χ2v) is 20.1. The molecule has 0 N–H and O–H groups in total. The first-order valence-corrected chi connectivity index (χ1v) is 23.0. The molecule has 0 aliphatic heterocycles. The Morgan fingerprint density at radius 1 is 0.611 bits per heavy atom. The third-order valence-corrected chi connectivity index (χ3v) is 13.2. The first-order valence-electron chi connectivity index (χ1n) is 18.2. The summed E-state index contributed by atoms with van der Waals surface area (Å²) in [7, 11) is -2.77. The van der Waals surface area contributed by atoms with Crippen LogP contribution in [0.1, 0.15) is 34.6 Å². The minimum atomic E-state index is -2.43. The standard InChI is InChI=1S/C47H39N3O2P2/c1-53(2)35-26-34(27-36(29-35)54(3,4)51)38-25-24-37(39-14-8-9-15-40(38)39)30-18-20-32(21-19-30)46-48-45(31-12-6-5-7-13-31)49-47(50-46)33-22-23-42-41-16-10-11-17-43(41)52-44(42)28-33/h5-23,25-29,37H,24H2,1-4H3. The van der Waals surface area contributed by atoms with Crippen LogP contribution in [0.4, 0.5) is 0 Å². The molecule has 2 aromatic heterocycles. The molecule has 0 saturated carbocycles. The van der Waals surface area contributed by atoms with Crippen LogP contribution in [-0.2, 0) is 4.57 Å². The Kier molecular flexibility index (Phi) is 8.73. The molecule has 0 saturated heterocycles. The molecule has 8 aromatic rings. The lowest BCUT2D eigenvalue weighted by molar-refractivity contribution is 0.588. The number of allylic oxidation sites excluding steroid dienone is 1. The van der Waals surface area contributed by atoms with Gasteiger partial charge in [0.15, 0.2) is 17.5 Å². The van der Waals surface area contributed by atoms with Crippen LogP contribution in [0.5, 0.6) is 0 Å². The van der Waals surface area contributed by atoms with Crippen molar-refractivity contribution >= 4 is 53.2 Å². The maximum Gasteiger partial charge on any atom is 0.164 e. The number of fused-ring (bicyclic) bond motifs is 4. The van der Waals surface area contributed by atoms with Gasteiger partial charge < -0.3 is 8.98 Å². The molecule has 1 atom stereocenters. The summed E-state index contributed by atoms with van der Waals surface area (Å²) in [5, 5.41) is 4.39. The molecular formula is C47H39N3O2P2. The highest BCUT2D eigenvalue weighted by Gasteiger charge is 2.25. The molecule has 1 aliphatic rings. The van der Waals surface area contributed by atoms with Gasteiger partial charge in [0.2, 0.25) is 0 Å². The molecule has 1 aliphatic carbocycles. The SMILES string of the molecule is CP(C)c1cc(C2=CCC(c3ccc(-c4nc(-c5ccccc5)nc(-c5ccc6c(c5)oc5ccccc56)n4)cc3)c3ccccc32)cc(P(C)(C)=O)c1. The Bertz CT molecular complexity index is 2780. The molecule has 0 fully saturated rings. The molecule has 6 aromatic carbocycles. The van der Waals surface area contributed by atoms with Crippen molar-refractivity contribution in [3.63, 3.8) is 0 Å². The molecule has 1 unspecified atom stereocenters. The van der Waals surface area contributed by atoms with Crippen molar-refractivity contribution < 1.29 is 8.98 Å². The lowest BCUT2D eigenvalue weighted by Crippen LogP contribution is -2.15. The highest BCUT2D eigenvalue weighted by Crippen LogP contribution is 2.43. The Labute approximate surface area is 317 Å². The van der Waals surface area contributed by atoms with Crippen LogP contribution < -0.4 is 10.6 Å². The third kappa shape index (κ3) is 6.42. The second kappa shape index (κ2) is 13.7. The van der Waals surface area contributed by atoms with E-state index in [9.17, 15) is 4.57 Å². The summed E-state index contributed by atoms with van der Waals surface area (Å²) in [5.74, 6) is 2.03. The highest BCUT2D eigenvalue weighted by molar-refractivity contribution is 7.70. The van der Waals surface area contributed by atoms with E-state index in [1.807, 2.05) is 67.9 Å². The van der Waals surface area contributed by atoms with E-state index < -0.39 is 7.14 Å². The quantitative estimate of drug-likeness (QED) is 0.152. The summed E-state index contributed by atoms with van der Waals surface area (Å²) >= 11 is 0. The number of benzene rings is 6. The van der Waals surface area contributed by atoms with Crippen molar-refractivity contribution in [2.45, 2.75) is 12.3 Å². The van der Waals surface area contributed by atoms with Gasteiger partial charge in [-0.25, -0.2) is 15.0 Å². The van der Waals surface area contributed by atoms with E-state index in [1.165, 1.54) is 27.6 Å². The topological polar surface area (TPSA) is 68.9 Å². The first kappa shape index (κ1) is 34.3. The zero-order valence-electron chi connectivity index (χ0n) is 30.7. The predicted octanol–water partition coefficient (Wildman–Crippen LogP) is 11.4. The minimum absolute atomic E-state index is 0.198. The molecule has 54 heavy (non-hydrogen) atoms. The van der Waals surface area contributed by atoms with Gasteiger partial charge in [-0.15, -0.1) is 0 Å². The summed E-state index contributed by atoms with van der Waals surface area (Å²) in [4.78, 5) is 15.0. The van der Waals surface area contributed by atoms with E-state index in [-0.39, 0.29) is 13.8 Å². The summed E-state index contributed by atoms with van der Waals surface area (Å²) in [6.07, 6.45) is 3.24. The number of hydrogen-bond donors (Lipinski definition) is 0. The molecule has 5 nitrogen and oxygen atoms in total. The molecule has 0 bridgehead atoms. The number of hydrogen-bond acceptors (Lipinski definition) is 5. The molecule has 264 valence electrons. The minimum Gasteiger partial charge on any atom is -0.456 e. The monoisotopic (exact) mass is 739 g/mol. The number of nitrogens with zero attached hydrogens (tertiary/aromatic N) is 3. The largest absolute Gasteiger partial charge is 0.456 e. The van der Waals surface area contributed by atoms with Crippen LogP contribution in [0.3, 0.4) is 0 Å². The van der Waals surface area contributed by atoms with Crippen molar-refractivity contribution in [1.29, 1.82) is 0 Å². The average molecular weight is 740 g/mol. The molecule has 2 heterocycles. The van der Waals surface area contributed by atoms with Gasteiger partial charge in [0.25, 0.3) is 0 Å². The zero-order valence-corrected chi connectivity index (χ0v) is 32.5. The van der Waals surface area contributed by atoms with Crippen LogP contribution in [0.15, 0.2) is 150 Å². The van der Waals surface area contributed by atoms with Gasteiger partial charge in [-0.3, -0.25) is 0 Å². The number of rotatable bonds is 7. The van der Waals surface area contributed by atoms with E-state index in [0.717, 1.165) is 55.9 Å². The van der Waals surface area contributed by atoms with Crippen molar-refractivity contribution in [2.75, 3.05) is 26.7 Å². The Morgan fingerprint density at radius 2 is 1.24 bits per heavy atom. The summed E-state index contributed by atoms with van der Waals surface area (Å²) in [6, 6.07) is 48.4. The predicted molar refractivity (Wildman–Crippen MR) is 227 cm³/mol. The number of aromatic nitrogens is 3. The Morgan fingerprint density at radius 3 is 1.98 bits per heavy atom. The van der Waals surface area contributed by atoms with E-state index in [1.54, 1.807) is 0 Å². The fourth-order valence-corrected chi connectivity index (χ4v) is 9.30. The maximum atomic E-state index is 13.3. The molecular weight excluding hydrogens is 700 g/mol. The fourth-order valence-electron chi connectivity index (χ4n) is 7.51. The summed E-state index contributed by atoms with van der Waals surface area (Å²) in [5.41, 5.74) is 10.5. The maximum absolute atomic E-state index is 13.3. The summed E-state index contributed by atoms with van der Waals surface area (Å²) in [6.45, 7) is 8.26. The van der Waals surface area contributed by atoms with E-state index in [4.69, 9.17) is 19.4 Å². The lowest BCUT2D eigenvalue weighted by Gasteiger charge is -2.27. The van der Waals surface area contributed by atoms with Crippen LogP contribution in [-0.4, -0.2) is 41.6 Å². The molecule has 7 heteroatoms. The van der Waals surface area contributed by atoms with Crippen molar-refractivity contribution in [3.8, 4) is 34.2 Å². The van der Waals surface area contributed by atoms with Gasteiger partial charge in [0, 0.05) is 38.7 Å². The van der Waals surface area contributed by atoms with Crippen molar-refractivity contribution in [3.05, 3.63) is 168 Å². The Hall–Kier alpha value is -5.47. The highest BCUT2D eigenvalue weighted by atomic mass is 31.2. The fraction of sp³-hybridized carbons (Fsp3) is 0.128. The van der Waals surface area contributed by atoms with Crippen molar-refractivity contribution in [1.82, 2.24) is 15.0 Å². The molecule has 0 spiro atoms. The molecule has 0 amide bonds. The van der Waals surface area contributed by atoms with Crippen LogP contribution in [0.25, 0.3) is 61.7 Å². The van der Waals surface area contributed by atoms with Crippen molar-refractivity contribution in [2.24, 2.45) is 0 Å². The molecule has 0 radical (unpaired) electrons. The van der Waals surface area contributed by atoms with Gasteiger partial charge in [-0.05, 0) is 103 Å². The van der Waals surface area contributed by atoms with Crippen LogP contribution >= 0.6 is 15.1 Å². The summed E-state index contributed by atoms with van der Waals surface area (Å²) < 4.78 is 19.5. The van der Waals surface area contributed by atoms with Gasteiger partial charge in [0.1, 0.15) is 18.3 Å². The van der Waals surface area contributed by atoms with Gasteiger partial charge in [-0.1, -0.05) is 117 Å². The third-order valence-electron chi connectivity index (χ3n) is 10.4. The van der Waals surface area contributed by atoms with Crippen LogP contribution in [0.2, 0.25) is 0 Å². The van der Waals surface area contributed by atoms with Gasteiger partial charge >= 0.3 is 0 Å². The number of para-hydroxylation sites is 1. The van der Waals surface area contributed by atoms with E-state index >= 15 is 0 Å². The first-order chi connectivity index (χ1) is 26.2. The zero-order chi connectivity index (χ0) is 37.0. The van der Waals surface area contributed by atoms with Gasteiger partial charge in [0.05, 0.1) is 0 Å². The smallest absolute Gasteiger partial charge is 0.164 e. The molecule has 9 rings (SSSR count). The Balaban J connectivity index is 1.08.